The van der Waals surface area contributed by atoms with Crippen molar-refractivity contribution in [3.8, 4) is 0 Å². The average Bonchev–Trinajstić information content (AvgIpc) is 2.87. The van der Waals surface area contributed by atoms with Crippen LogP contribution in [0.3, 0.4) is 0 Å². The molecule has 0 aliphatic carbocycles. The summed E-state index contributed by atoms with van der Waals surface area (Å²) < 4.78 is 0. The summed E-state index contributed by atoms with van der Waals surface area (Å²) in [7, 11) is 0. The van der Waals surface area contributed by atoms with Gasteiger partial charge in [0.1, 0.15) is 0 Å². The van der Waals surface area contributed by atoms with Crippen LogP contribution in [0.5, 0.6) is 0 Å². The number of aromatic nitrogens is 1. The standard InChI is InChI=1S/C34H45N3.2ClH.Co/c1-8-14-27-18-12-19-28(15-9-2)33(27)35-25(6)31-22-24(5)23-32(37-31)26(7)36-34-29(16-10-3)20-13-21-30(34)17-11-4;;;/h12-13,18-23H,8-11,14-17H2,1-7H3;2*1H;/q;;;+2/p-2. The summed E-state index contributed by atoms with van der Waals surface area (Å²) >= 11 is 0. The van der Waals surface area contributed by atoms with Crippen molar-refractivity contribution < 1.29 is 41.6 Å². The molecule has 3 rings (SSSR count). The smallest absolute Gasteiger partial charge is 1.00 e. The molecule has 2 aromatic carbocycles. The summed E-state index contributed by atoms with van der Waals surface area (Å²) in [4.78, 5) is 15.4. The van der Waals surface area contributed by atoms with Gasteiger partial charge in [0.15, 0.2) is 0 Å². The molecule has 1 radical (unpaired) electrons. The van der Waals surface area contributed by atoms with Gasteiger partial charge < -0.3 is 24.8 Å². The Hall–Kier alpha value is -1.98. The first-order chi connectivity index (χ1) is 17.9. The number of aryl methyl sites for hydroxylation is 5. The maximum Gasteiger partial charge on any atom is 2.00 e. The van der Waals surface area contributed by atoms with Crippen LogP contribution < -0.4 is 24.8 Å². The Morgan fingerprint density at radius 3 is 1.18 bits per heavy atom. The van der Waals surface area contributed by atoms with Crippen LogP contribution in [0.1, 0.15) is 106 Å². The Labute approximate surface area is 265 Å². The third-order valence-corrected chi connectivity index (χ3v) is 6.75. The molecule has 0 saturated carbocycles. The molecule has 0 saturated heterocycles. The van der Waals surface area contributed by atoms with E-state index in [-0.39, 0.29) is 41.6 Å². The van der Waals surface area contributed by atoms with E-state index < -0.39 is 0 Å². The van der Waals surface area contributed by atoms with Crippen molar-refractivity contribution in [3.63, 3.8) is 0 Å². The number of nitrogens with zero attached hydrogens (tertiary/aromatic N) is 3. The fraction of sp³-hybridized carbons (Fsp3) is 0.441. The normalized spacial score (nSPS) is 11.4. The molecule has 0 bridgehead atoms. The minimum absolute atomic E-state index is 0. The predicted molar refractivity (Wildman–Crippen MR) is 162 cm³/mol. The maximum atomic E-state index is 5.18. The molecule has 219 valence electrons. The van der Waals surface area contributed by atoms with Gasteiger partial charge in [-0.25, -0.2) is 4.98 Å². The molecule has 0 aliphatic rings. The first-order valence-corrected chi connectivity index (χ1v) is 14.2. The summed E-state index contributed by atoms with van der Waals surface area (Å²) in [6.45, 7) is 15.2. The third kappa shape index (κ3) is 10.1. The Kier molecular flexibility index (Phi) is 18.2. The fourth-order valence-corrected chi connectivity index (χ4v) is 4.95. The summed E-state index contributed by atoms with van der Waals surface area (Å²) in [6, 6.07) is 17.5. The second-order valence-corrected chi connectivity index (χ2v) is 10.2. The molecule has 3 nitrogen and oxygen atoms in total. The van der Waals surface area contributed by atoms with Gasteiger partial charge in [-0.05, 0) is 86.4 Å². The number of pyridine rings is 1. The van der Waals surface area contributed by atoms with Crippen molar-refractivity contribution in [1.29, 1.82) is 0 Å². The van der Waals surface area contributed by atoms with E-state index in [4.69, 9.17) is 15.0 Å². The zero-order valence-corrected chi connectivity index (χ0v) is 27.8. The maximum absolute atomic E-state index is 5.18. The number of rotatable bonds is 12. The van der Waals surface area contributed by atoms with Crippen LogP contribution in [0.2, 0.25) is 0 Å². The van der Waals surface area contributed by atoms with Crippen molar-refractivity contribution in [2.75, 3.05) is 0 Å². The monoisotopic (exact) mass is 624 g/mol. The quantitative estimate of drug-likeness (QED) is 0.284. The molecular formula is C34H45Cl2CoN3. The van der Waals surface area contributed by atoms with E-state index in [2.05, 4.69) is 97.0 Å². The minimum Gasteiger partial charge on any atom is -1.00 e. The number of halogens is 2. The molecule has 0 aliphatic heterocycles. The largest absolute Gasteiger partial charge is 2.00 e. The van der Waals surface area contributed by atoms with Crippen LogP contribution in [0.4, 0.5) is 11.4 Å². The molecule has 0 fully saturated rings. The summed E-state index contributed by atoms with van der Waals surface area (Å²) in [5, 5.41) is 0. The van der Waals surface area contributed by atoms with Gasteiger partial charge in [0.25, 0.3) is 0 Å². The summed E-state index contributed by atoms with van der Waals surface area (Å²) in [6.07, 6.45) is 8.60. The minimum atomic E-state index is 0. The van der Waals surface area contributed by atoms with Crippen LogP contribution in [0, 0.1) is 6.92 Å². The Morgan fingerprint density at radius 2 is 0.900 bits per heavy atom. The summed E-state index contributed by atoms with van der Waals surface area (Å²) in [5.74, 6) is 0. The number of hydrogen-bond acceptors (Lipinski definition) is 3. The first kappa shape index (κ1) is 38.0. The molecule has 0 unspecified atom stereocenters. The molecule has 6 heteroatoms. The molecule has 0 atom stereocenters. The van der Waals surface area contributed by atoms with Gasteiger partial charge in [0.05, 0.1) is 34.2 Å². The number of hydrogen-bond donors (Lipinski definition) is 0. The SMILES string of the molecule is CCCc1cccc(CCC)c1N=C(C)c1cc(C)cc(C(C)=Nc2c(CCC)cccc2CCC)n1.[Cl-].[Cl-].[Co+2]. The molecule has 40 heavy (non-hydrogen) atoms. The van der Waals surface area contributed by atoms with Crippen LogP contribution in [0.25, 0.3) is 0 Å². The van der Waals surface area contributed by atoms with E-state index in [0.717, 1.165) is 85.6 Å². The van der Waals surface area contributed by atoms with Gasteiger partial charge in [-0.3, -0.25) is 9.98 Å². The van der Waals surface area contributed by atoms with E-state index in [9.17, 15) is 0 Å². The topological polar surface area (TPSA) is 37.6 Å². The molecule has 1 aromatic heterocycles. The van der Waals surface area contributed by atoms with Gasteiger partial charge in [-0.2, -0.15) is 0 Å². The molecule has 0 N–H and O–H groups in total. The predicted octanol–water partition coefficient (Wildman–Crippen LogP) is 3.49. The van der Waals surface area contributed by atoms with E-state index in [1.807, 2.05) is 0 Å². The zero-order valence-electron chi connectivity index (χ0n) is 25.2. The van der Waals surface area contributed by atoms with Gasteiger partial charge in [-0.1, -0.05) is 89.8 Å². The van der Waals surface area contributed by atoms with Crippen molar-refractivity contribution in [2.45, 2.75) is 99.8 Å². The molecule has 3 aromatic rings. The number of para-hydroxylation sites is 2. The second kappa shape index (κ2) is 19.2. The first-order valence-electron chi connectivity index (χ1n) is 14.2. The molecule has 0 spiro atoms. The van der Waals surface area contributed by atoms with Gasteiger partial charge >= 0.3 is 16.8 Å². The van der Waals surface area contributed by atoms with Crippen LogP contribution in [-0.4, -0.2) is 16.4 Å². The average molecular weight is 626 g/mol. The zero-order chi connectivity index (χ0) is 26.8. The van der Waals surface area contributed by atoms with Crippen LogP contribution in [0.15, 0.2) is 58.5 Å². The van der Waals surface area contributed by atoms with Gasteiger partial charge in [-0.15, -0.1) is 0 Å². The Balaban J connectivity index is 0.00000507. The van der Waals surface area contributed by atoms with E-state index in [1.165, 1.54) is 27.8 Å². The number of aliphatic imine (C=N–C) groups is 2. The summed E-state index contributed by atoms with van der Waals surface area (Å²) in [5.41, 5.74) is 12.5. The van der Waals surface area contributed by atoms with E-state index >= 15 is 0 Å². The Morgan fingerprint density at radius 1 is 0.600 bits per heavy atom. The van der Waals surface area contributed by atoms with E-state index in [0.29, 0.717) is 0 Å². The van der Waals surface area contributed by atoms with Gasteiger partial charge in [0.2, 0.25) is 0 Å². The molecule has 0 amide bonds. The van der Waals surface area contributed by atoms with Crippen LogP contribution >= 0.6 is 0 Å². The number of benzene rings is 2. The fourth-order valence-electron chi connectivity index (χ4n) is 4.95. The van der Waals surface area contributed by atoms with Crippen molar-refractivity contribution in [3.05, 3.63) is 87.7 Å². The Bertz CT molecular complexity index is 1130. The van der Waals surface area contributed by atoms with Crippen molar-refractivity contribution >= 4 is 22.8 Å². The molecular weight excluding hydrogens is 580 g/mol. The van der Waals surface area contributed by atoms with Crippen molar-refractivity contribution in [1.82, 2.24) is 4.98 Å². The van der Waals surface area contributed by atoms with Gasteiger partial charge in [0, 0.05) is 0 Å². The van der Waals surface area contributed by atoms with Crippen LogP contribution in [-0.2, 0) is 42.5 Å². The molecule has 1 heterocycles. The third-order valence-electron chi connectivity index (χ3n) is 6.75. The van der Waals surface area contributed by atoms with Crippen molar-refractivity contribution in [2.24, 2.45) is 9.98 Å². The second-order valence-electron chi connectivity index (χ2n) is 10.2. The van der Waals surface area contributed by atoms with E-state index in [1.54, 1.807) is 0 Å².